The minimum Gasteiger partial charge on any atom is -0.481 e. The van der Waals surface area contributed by atoms with E-state index in [2.05, 4.69) is 10.6 Å². The molecule has 20 heavy (non-hydrogen) atoms. The summed E-state index contributed by atoms with van der Waals surface area (Å²) in [5, 5.41) is 15.3. The van der Waals surface area contributed by atoms with Gasteiger partial charge in [-0.2, -0.15) is 0 Å². The molecule has 4 atom stereocenters. The third-order valence-corrected chi connectivity index (χ3v) is 4.71. The molecule has 1 amide bonds. The van der Waals surface area contributed by atoms with Crippen LogP contribution in [0.15, 0.2) is 0 Å². The fourth-order valence-corrected chi connectivity index (χ4v) is 3.45. The Morgan fingerprint density at radius 1 is 1.30 bits per heavy atom. The van der Waals surface area contributed by atoms with Crippen molar-refractivity contribution in [3.05, 3.63) is 0 Å². The number of carboxylic acids is 1. The quantitative estimate of drug-likeness (QED) is 0.714. The van der Waals surface area contributed by atoms with Crippen LogP contribution in [0.1, 0.15) is 52.4 Å². The van der Waals surface area contributed by atoms with E-state index in [1.807, 2.05) is 13.8 Å². The van der Waals surface area contributed by atoms with Gasteiger partial charge in [-0.05, 0) is 31.1 Å². The zero-order valence-electron chi connectivity index (χ0n) is 12.4. The maximum Gasteiger partial charge on any atom is 0.305 e. The van der Waals surface area contributed by atoms with Gasteiger partial charge in [0, 0.05) is 12.1 Å². The Morgan fingerprint density at radius 3 is 2.60 bits per heavy atom. The van der Waals surface area contributed by atoms with Gasteiger partial charge in [0.05, 0.1) is 12.5 Å². The molecule has 2 rings (SSSR count). The summed E-state index contributed by atoms with van der Waals surface area (Å²) in [6.07, 6.45) is 5.78. The zero-order chi connectivity index (χ0) is 14.7. The number of carbonyl (C=O) groups excluding carboxylic acids is 1. The fraction of sp³-hybridized carbons (Fsp3) is 0.867. The van der Waals surface area contributed by atoms with Gasteiger partial charge < -0.3 is 15.7 Å². The summed E-state index contributed by atoms with van der Waals surface area (Å²) in [6, 6.07) is 0.0547. The van der Waals surface area contributed by atoms with Gasteiger partial charge in [0.2, 0.25) is 5.91 Å². The Kier molecular flexibility index (Phi) is 5.02. The molecule has 3 N–H and O–H groups in total. The molecular formula is C15H26N2O3. The Balaban J connectivity index is 1.89. The second kappa shape index (κ2) is 6.57. The van der Waals surface area contributed by atoms with Crippen LogP contribution in [0.5, 0.6) is 0 Å². The van der Waals surface area contributed by atoms with E-state index in [-0.39, 0.29) is 30.3 Å². The van der Waals surface area contributed by atoms with Crippen LogP contribution < -0.4 is 10.6 Å². The molecule has 2 aliphatic rings. The van der Waals surface area contributed by atoms with E-state index in [4.69, 9.17) is 5.11 Å². The fourth-order valence-electron chi connectivity index (χ4n) is 3.45. The van der Waals surface area contributed by atoms with E-state index >= 15 is 0 Å². The minimum atomic E-state index is -0.864. The molecule has 0 aromatic rings. The highest BCUT2D eigenvalue weighted by Gasteiger charge is 2.38. The van der Waals surface area contributed by atoms with Gasteiger partial charge in [0.15, 0.2) is 0 Å². The molecule has 0 bridgehead atoms. The predicted molar refractivity (Wildman–Crippen MR) is 76.3 cm³/mol. The maximum atomic E-state index is 12.3. The van der Waals surface area contributed by atoms with Gasteiger partial charge in [-0.1, -0.05) is 26.7 Å². The first-order valence-corrected chi connectivity index (χ1v) is 7.75. The van der Waals surface area contributed by atoms with E-state index in [0.29, 0.717) is 12.0 Å². The van der Waals surface area contributed by atoms with E-state index in [1.54, 1.807) is 0 Å². The third-order valence-electron chi connectivity index (χ3n) is 4.71. The number of fused-ring (bicyclic) bond motifs is 1. The molecule has 0 radical (unpaired) electrons. The van der Waals surface area contributed by atoms with Gasteiger partial charge >= 0.3 is 5.97 Å². The van der Waals surface area contributed by atoms with Gasteiger partial charge in [-0.15, -0.1) is 0 Å². The summed E-state index contributed by atoms with van der Waals surface area (Å²) in [6.45, 7) is 3.88. The number of hydrogen-bond donors (Lipinski definition) is 3. The highest BCUT2D eigenvalue weighted by molar-refractivity contribution is 5.83. The lowest BCUT2D eigenvalue weighted by Crippen LogP contribution is -2.48. The van der Waals surface area contributed by atoms with Crippen LogP contribution in [0.2, 0.25) is 0 Å². The Hall–Kier alpha value is -1.10. The van der Waals surface area contributed by atoms with Crippen LogP contribution in [0.25, 0.3) is 0 Å². The number of nitrogens with one attached hydrogen (secondary N) is 2. The molecule has 4 unspecified atom stereocenters. The van der Waals surface area contributed by atoms with Crippen molar-refractivity contribution in [2.45, 2.75) is 70.5 Å². The van der Waals surface area contributed by atoms with Crippen molar-refractivity contribution in [3.63, 3.8) is 0 Å². The van der Waals surface area contributed by atoms with Crippen molar-refractivity contribution in [1.29, 1.82) is 0 Å². The van der Waals surface area contributed by atoms with Crippen LogP contribution in [0, 0.1) is 11.8 Å². The smallest absolute Gasteiger partial charge is 0.305 e. The van der Waals surface area contributed by atoms with Gasteiger partial charge in [0.1, 0.15) is 0 Å². The van der Waals surface area contributed by atoms with Crippen molar-refractivity contribution in [2.24, 2.45) is 11.8 Å². The summed E-state index contributed by atoms with van der Waals surface area (Å²) in [5.74, 6) is -0.147. The highest BCUT2D eigenvalue weighted by atomic mass is 16.4. The third kappa shape index (κ3) is 3.72. The minimum absolute atomic E-state index is 0.0109. The zero-order valence-corrected chi connectivity index (χ0v) is 12.4. The number of carbonyl (C=O) groups is 2. The molecule has 1 heterocycles. The molecule has 2 fully saturated rings. The van der Waals surface area contributed by atoms with Crippen LogP contribution in [0.4, 0.5) is 0 Å². The van der Waals surface area contributed by atoms with Crippen LogP contribution in [-0.4, -0.2) is 35.1 Å². The second-order valence-corrected chi connectivity index (χ2v) is 6.56. The standard InChI is InChI=1S/C15H26N2O3/c1-9(2)12(8-14(18)19)17-15(20)13-7-10-5-3-4-6-11(10)16-13/h9-13,16H,3-8H2,1-2H3,(H,17,20)(H,18,19). The molecule has 0 aromatic heterocycles. The normalized spacial score (nSPS) is 30.9. The van der Waals surface area contributed by atoms with E-state index in [1.165, 1.54) is 19.3 Å². The van der Waals surface area contributed by atoms with Gasteiger partial charge in [0.25, 0.3) is 0 Å². The maximum absolute atomic E-state index is 12.3. The summed E-state index contributed by atoms with van der Waals surface area (Å²) in [4.78, 5) is 23.2. The first-order chi connectivity index (χ1) is 9.47. The van der Waals surface area contributed by atoms with Crippen LogP contribution in [-0.2, 0) is 9.59 Å². The average Bonchev–Trinajstić information content (AvgIpc) is 2.81. The first kappa shape index (κ1) is 15.3. The SMILES string of the molecule is CC(C)C(CC(=O)O)NC(=O)C1CC2CCCCC2N1. The largest absolute Gasteiger partial charge is 0.481 e. The molecule has 1 aliphatic heterocycles. The lowest BCUT2D eigenvalue weighted by atomic mass is 9.85. The van der Waals surface area contributed by atoms with Crippen molar-refractivity contribution in [2.75, 3.05) is 0 Å². The molecule has 0 aromatic carbocycles. The molecular weight excluding hydrogens is 256 g/mol. The molecule has 0 spiro atoms. The summed E-state index contributed by atoms with van der Waals surface area (Å²) in [5.41, 5.74) is 0. The average molecular weight is 282 g/mol. The number of amides is 1. The molecule has 1 saturated heterocycles. The van der Waals surface area contributed by atoms with Crippen LogP contribution in [0.3, 0.4) is 0 Å². The first-order valence-electron chi connectivity index (χ1n) is 7.75. The van der Waals surface area contributed by atoms with Crippen molar-refractivity contribution < 1.29 is 14.7 Å². The Bertz CT molecular complexity index is 356. The number of hydrogen-bond acceptors (Lipinski definition) is 3. The van der Waals surface area contributed by atoms with Crippen molar-refractivity contribution >= 4 is 11.9 Å². The van der Waals surface area contributed by atoms with E-state index in [9.17, 15) is 9.59 Å². The summed E-state index contributed by atoms with van der Waals surface area (Å²) in [7, 11) is 0. The summed E-state index contributed by atoms with van der Waals surface area (Å²) >= 11 is 0. The highest BCUT2D eigenvalue weighted by Crippen LogP contribution is 2.33. The molecule has 5 nitrogen and oxygen atoms in total. The second-order valence-electron chi connectivity index (χ2n) is 6.56. The Morgan fingerprint density at radius 2 is 2.00 bits per heavy atom. The monoisotopic (exact) mass is 282 g/mol. The van der Waals surface area contributed by atoms with Gasteiger partial charge in [-0.3, -0.25) is 9.59 Å². The van der Waals surface area contributed by atoms with Crippen LogP contribution >= 0.6 is 0 Å². The number of aliphatic carboxylic acids is 1. The molecule has 1 saturated carbocycles. The Labute approximate surface area is 120 Å². The number of rotatable bonds is 5. The summed E-state index contributed by atoms with van der Waals surface area (Å²) < 4.78 is 0. The molecule has 114 valence electrons. The lowest BCUT2D eigenvalue weighted by molar-refractivity contribution is -0.138. The van der Waals surface area contributed by atoms with E-state index in [0.717, 1.165) is 12.8 Å². The van der Waals surface area contributed by atoms with E-state index < -0.39 is 5.97 Å². The number of carboxylic acid groups (broad SMARTS) is 1. The predicted octanol–water partition coefficient (Wildman–Crippen LogP) is 1.52. The van der Waals surface area contributed by atoms with Crippen molar-refractivity contribution in [3.8, 4) is 0 Å². The lowest BCUT2D eigenvalue weighted by Gasteiger charge is -2.24. The molecule has 1 aliphatic carbocycles. The topological polar surface area (TPSA) is 78.4 Å². The van der Waals surface area contributed by atoms with Crippen molar-refractivity contribution in [1.82, 2.24) is 10.6 Å². The molecule has 5 heteroatoms. The van der Waals surface area contributed by atoms with Gasteiger partial charge in [-0.25, -0.2) is 0 Å².